The van der Waals surface area contributed by atoms with Crippen molar-refractivity contribution in [3.8, 4) is 5.75 Å². The molecule has 2 N–H and O–H groups in total. The topological polar surface area (TPSA) is 42.8 Å². The minimum atomic E-state index is -0.237. The Labute approximate surface area is 150 Å². The van der Waals surface area contributed by atoms with E-state index in [4.69, 9.17) is 27.9 Å². The minimum absolute atomic E-state index is 0.0919. The van der Waals surface area contributed by atoms with Crippen molar-refractivity contribution < 1.29 is 14.4 Å². The van der Waals surface area contributed by atoms with E-state index in [0.717, 1.165) is 20.7 Å². The van der Waals surface area contributed by atoms with E-state index < -0.39 is 0 Å². The molecule has 2 atom stereocenters. The molecule has 1 amide bonds. The summed E-state index contributed by atoms with van der Waals surface area (Å²) in [6.07, 6.45) is 0. The third-order valence-electron chi connectivity index (χ3n) is 3.63. The molecule has 0 saturated heterocycles. The number of halogens is 2. The molecule has 2 aromatic rings. The van der Waals surface area contributed by atoms with Gasteiger partial charge in [-0.2, -0.15) is 0 Å². The normalized spacial score (nSPS) is 13.4. The molecule has 4 nitrogen and oxygen atoms in total. The Morgan fingerprint density at radius 2 is 2.09 bits per heavy atom. The summed E-state index contributed by atoms with van der Waals surface area (Å²) < 4.78 is 6.00. The minimum Gasteiger partial charge on any atom is -0.495 e. The zero-order valence-corrected chi connectivity index (χ0v) is 15.5. The molecule has 1 unspecified atom stereocenters. The van der Waals surface area contributed by atoms with Crippen molar-refractivity contribution in [2.24, 2.45) is 0 Å². The quantitative estimate of drug-likeness (QED) is 0.816. The van der Waals surface area contributed by atoms with E-state index in [0.29, 0.717) is 16.5 Å². The summed E-state index contributed by atoms with van der Waals surface area (Å²) >= 11 is 13.5. The summed E-state index contributed by atoms with van der Waals surface area (Å²) in [5, 5.41) is 3.43. The summed E-state index contributed by atoms with van der Waals surface area (Å²) in [5.74, 6) is 0.489. The fourth-order valence-electron chi connectivity index (χ4n) is 2.12. The number of nitrogens with one attached hydrogen (secondary N) is 2. The fourth-order valence-corrected chi connectivity index (χ4v) is 3.47. The lowest BCUT2D eigenvalue weighted by Crippen LogP contribution is -3.12. The Hall–Kier alpha value is -1.27. The molecule has 0 aliphatic heterocycles. The highest BCUT2D eigenvalue weighted by Gasteiger charge is 2.23. The van der Waals surface area contributed by atoms with Crippen molar-refractivity contribution in [1.82, 2.24) is 0 Å². The number of ether oxygens (including phenoxy) is 1. The van der Waals surface area contributed by atoms with Crippen LogP contribution in [0.5, 0.6) is 5.75 Å². The van der Waals surface area contributed by atoms with Gasteiger partial charge >= 0.3 is 0 Å². The SMILES string of the molecule is COc1ccc(Cl)cc1NC(=O)[C@@H](C)[NH+](C)Cc1ccc(Cl)s1. The first-order chi connectivity index (χ1) is 10.9. The van der Waals surface area contributed by atoms with Crippen LogP contribution in [0.3, 0.4) is 0 Å². The summed E-state index contributed by atoms with van der Waals surface area (Å²) in [4.78, 5) is 14.7. The number of rotatable bonds is 6. The van der Waals surface area contributed by atoms with Crippen molar-refractivity contribution in [3.63, 3.8) is 0 Å². The first kappa shape index (κ1) is 18.1. The number of hydrogen-bond acceptors (Lipinski definition) is 3. The van der Waals surface area contributed by atoms with E-state index in [1.54, 1.807) is 25.3 Å². The van der Waals surface area contributed by atoms with Gasteiger partial charge in [-0.3, -0.25) is 4.79 Å². The number of amides is 1. The molecule has 1 aromatic heterocycles. The second-order valence-corrected chi connectivity index (χ2v) is 7.52. The molecule has 124 valence electrons. The summed E-state index contributed by atoms with van der Waals surface area (Å²) in [6.45, 7) is 2.62. The maximum atomic E-state index is 12.5. The van der Waals surface area contributed by atoms with Crippen LogP contribution >= 0.6 is 34.5 Å². The Morgan fingerprint density at radius 1 is 1.35 bits per heavy atom. The first-order valence-electron chi connectivity index (χ1n) is 7.11. The first-order valence-corrected chi connectivity index (χ1v) is 8.69. The van der Waals surface area contributed by atoms with E-state index in [2.05, 4.69) is 5.32 Å². The van der Waals surface area contributed by atoms with Crippen LogP contribution in [0.1, 0.15) is 11.8 Å². The lowest BCUT2D eigenvalue weighted by molar-refractivity contribution is -0.907. The number of thiophene rings is 1. The van der Waals surface area contributed by atoms with Gasteiger partial charge in [-0.1, -0.05) is 23.2 Å². The number of quaternary nitrogens is 1. The molecule has 0 spiro atoms. The van der Waals surface area contributed by atoms with Gasteiger partial charge in [0.25, 0.3) is 5.91 Å². The average Bonchev–Trinajstić information content (AvgIpc) is 2.91. The molecule has 0 bridgehead atoms. The van der Waals surface area contributed by atoms with Gasteiger partial charge in [-0.15, -0.1) is 11.3 Å². The highest BCUT2D eigenvalue weighted by Crippen LogP contribution is 2.27. The smallest absolute Gasteiger partial charge is 0.282 e. The van der Waals surface area contributed by atoms with E-state index in [9.17, 15) is 4.79 Å². The van der Waals surface area contributed by atoms with Gasteiger partial charge in [0, 0.05) is 5.02 Å². The van der Waals surface area contributed by atoms with Crippen LogP contribution in [0.25, 0.3) is 0 Å². The predicted molar refractivity (Wildman–Crippen MR) is 96.0 cm³/mol. The molecule has 0 radical (unpaired) electrons. The number of benzene rings is 1. The van der Waals surface area contributed by atoms with Gasteiger partial charge in [0.2, 0.25) is 0 Å². The van der Waals surface area contributed by atoms with Crippen molar-refractivity contribution in [2.45, 2.75) is 19.5 Å². The molecule has 0 saturated carbocycles. The average molecular weight is 374 g/mol. The van der Waals surface area contributed by atoms with Crippen molar-refractivity contribution in [2.75, 3.05) is 19.5 Å². The van der Waals surface area contributed by atoms with E-state index in [1.807, 2.05) is 26.1 Å². The third-order valence-corrected chi connectivity index (χ3v) is 5.10. The number of likely N-dealkylation sites (N-methyl/N-ethyl adjacent to an activating group) is 1. The number of methoxy groups -OCH3 is 1. The van der Waals surface area contributed by atoms with Crippen LogP contribution in [0.15, 0.2) is 30.3 Å². The highest BCUT2D eigenvalue weighted by molar-refractivity contribution is 7.16. The van der Waals surface area contributed by atoms with Gasteiger partial charge in [0.1, 0.15) is 12.3 Å². The van der Waals surface area contributed by atoms with E-state index in [1.165, 1.54) is 11.3 Å². The van der Waals surface area contributed by atoms with Gasteiger partial charge in [-0.25, -0.2) is 0 Å². The fraction of sp³-hybridized carbons (Fsp3) is 0.312. The number of carbonyl (C=O) groups excluding carboxylic acids is 1. The standard InChI is InChI=1S/C16H18Cl2N2O2S/c1-10(20(2)9-12-5-7-15(18)23-12)16(21)19-13-8-11(17)4-6-14(13)22-3/h4-8,10H,9H2,1-3H3,(H,19,21)/p+1/t10-/m1/s1. The monoisotopic (exact) mass is 373 g/mol. The number of anilines is 1. The van der Waals surface area contributed by atoms with Crippen LogP contribution in [0.4, 0.5) is 5.69 Å². The van der Waals surface area contributed by atoms with Gasteiger partial charge in [-0.05, 0) is 37.3 Å². The molecular weight excluding hydrogens is 355 g/mol. The Morgan fingerprint density at radius 3 is 2.70 bits per heavy atom. The summed E-state index contributed by atoms with van der Waals surface area (Å²) in [7, 11) is 3.54. The zero-order chi connectivity index (χ0) is 17.0. The molecule has 2 rings (SSSR count). The number of carbonyl (C=O) groups is 1. The van der Waals surface area contributed by atoms with E-state index in [-0.39, 0.29) is 11.9 Å². The van der Waals surface area contributed by atoms with E-state index >= 15 is 0 Å². The lowest BCUT2D eigenvalue weighted by atomic mass is 10.2. The van der Waals surface area contributed by atoms with Crippen molar-refractivity contribution in [1.29, 1.82) is 0 Å². The molecule has 23 heavy (non-hydrogen) atoms. The van der Waals surface area contributed by atoms with Gasteiger partial charge in [0.05, 0.1) is 29.1 Å². The van der Waals surface area contributed by atoms with Crippen molar-refractivity contribution >= 4 is 46.1 Å². The summed E-state index contributed by atoms with van der Waals surface area (Å²) in [5.41, 5.74) is 0.573. The van der Waals surface area contributed by atoms with Crippen molar-refractivity contribution in [3.05, 3.63) is 44.6 Å². The van der Waals surface area contributed by atoms with Crippen LogP contribution in [0, 0.1) is 0 Å². The molecule has 1 heterocycles. The molecule has 0 aliphatic carbocycles. The predicted octanol–water partition coefficient (Wildman–Crippen LogP) is 3.11. The Kier molecular flexibility index (Phi) is 6.30. The largest absolute Gasteiger partial charge is 0.495 e. The number of hydrogen-bond donors (Lipinski definition) is 2. The molecular formula is C16H19Cl2N2O2S+. The highest BCUT2D eigenvalue weighted by atomic mass is 35.5. The van der Waals surface area contributed by atoms with Gasteiger partial charge in [0.15, 0.2) is 6.04 Å². The maximum absolute atomic E-state index is 12.5. The molecule has 7 heteroatoms. The van der Waals surface area contributed by atoms with Crippen LogP contribution in [-0.4, -0.2) is 26.1 Å². The second-order valence-electron chi connectivity index (χ2n) is 5.28. The van der Waals surface area contributed by atoms with Crippen LogP contribution < -0.4 is 15.0 Å². The van der Waals surface area contributed by atoms with Gasteiger partial charge < -0.3 is 15.0 Å². The molecule has 0 fully saturated rings. The Balaban J connectivity index is 2.03. The molecule has 1 aromatic carbocycles. The Bertz CT molecular complexity index is 690. The summed E-state index contributed by atoms with van der Waals surface area (Å²) in [6, 6.07) is 8.75. The van der Waals surface area contributed by atoms with Crippen LogP contribution in [-0.2, 0) is 11.3 Å². The zero-order valence-electron chi connectivity index (χ0n) is 13.2. The maximum Gasteiger partial charge on any atom is 0.282 e. The third kappa shape index (κ3) is 4.85. The lowest BCUT2D eigenvalue weighted by Gasteiger charge is -2.21. The second kappa shape index (κ2) is 8.02. The molecule has 0 aliphatic rings. The van der Waals surface area contributed by atoms with Crippen LogP contribution in [0.2, 0.25) is 9.36 Å².